The number of aromatic nitrogens is 2. The number of hydrogen-bond acceptors (Lipinski definition) is 2. The highest BCUT2D eigenvalue weighted by Crippen LogP contribution is 2.30. The molecule has 0 amide bonds. The molecule has 3 N–H and O–H groups in total. The molecule has 0 bridgehead atoms. The summed E-state index contributed by atoms with van der Waals surface area (Å²) in [5.74, 6) is 0.124. The summed E-state index contributed by atoms with van der Waals surface area (Å²) in [6, 6.07) is 3.59. The highest BCUT2D eigenvalue weighted by Gasteiger charge is 2.16. The molecule has 1 unspecified atom stereocenters. The molecular weight excluding hydrogens is 272 g/mol. The largest absolute Gasteiger partial charge is 0.388 e. The van der Waals surface area contributed by atoms with Gasteiger partial charge in [0.15, 0.2) is 0 Å². The second kappa shape index (κ2) is 4.07. The second-order valence-corrected chi connectivity index (χ2v) is 5.04. The molecule has 1 aromatic carbocycles. The molecule has 0 radical (unpaired) electrons. The lowest BCUT2D eigenvalue weighted by Crippen LogP contribution is -2.06. The number of H-pyrrole nitrogens is 2. The Bertz CT molecular complexity index is 571. The predicted molar refractivity (Wildman–Crippen MR) is 66.4 cm³/mol. The number of aromatic amines is 2. The number of benzene rings is 1. The maximum atomic E-state index is 11.1. The highest BCUT2D eigenvalue weighted by atomic mass is 79.9. The zero-order valence-electron chi connectivity index (χ0n) is 9.04. The van der Waals surface area contributed by atoms with Crippen molar-refractivity contribution in [2.24, 2.45) is 5.92 Å². The van der Waals surface area contributed by atoms with Crippen molar-refractivity contribution >= 4 is 27.0 Å². The molecule has 0 aliphatic rings. The summed E-state index contributed by atoms with van der Waals surface area (Å²) < 4.78 is 0.802. The smallest absolute Gasteiger partial charge is 0.323 e. The number of hydrogen-bond donors (Lipinski definition) is 3. The number of fused-ring (bicyclic) bond motifs is 1. The van der Waals surface area contributed by atoms with E-state index in [1.165, 1.54) is 0 Å². The molecule has 0 saturated heterocycles. The molecule has 1 heterocycles. The normalized spacial score (nSPS) is 13.6. The van der Waals surface area contributed by atoms with Gasteiger partial charge in [0.1, 0.15) is 0 Å². The van der Waals surface area contributed by atoms with Gasteiger partial charge in [-0.05, 0) is 23.6 Å². The fraction of sp³-hybridized carbons (Fsp3) is 0.364. The minimum atomic E-state index is -0.544. The van der Waals surface area contributed by atoms with Gasteiger partial charge in [-0.3, -0.25) is 0 Å². The van der Waals surface area contributed by atoms with E-state index in [0.717, 1.165) is 15.6 Å². The molecule has 0 saturated carbocycles. The van der Waals surface area contributed by atoms with E-state index in [9.17, 15) is 9.90 Å². The molecule has 1 atom stereocenters. The third-order valence-electron chi connectivity index (χ3n) is 2.58. The van der Waals surface area contributed by atoms with Gasteiger partial charge in [-0.1, -0.05) is 29.8 Å². The standard InChI is InChI=1S/C11H13BrN2O2/c1-5(2)10(15)6-3-8-9(4-7(6)12)14-11(16)13-8/h3-5,10,15H,1-2H3,(H2,13,14,16). The minimum absolute atomic E-state index is 0.124. The van der Waals surface area contributed by atoms with Crippen molar-refractivity contribution in [3.05, 3.63) is 32.7 Å². The molecule has 16 heavy (non-hydrogen) atoms. The SMILES string of the molecule is CC(C)C(O)c1cc2[nH]c(=O)[nH]c2cc1Br. The van der Waals surface area contributed by atoms with Crippen molar-refractivity contribution in [1.29, 1.82) is 0 Å². The van der Waals surface area contributed by atoms with E-state index >= 15 is 0 Å². The van der Waals surface area contributed by atoms with Gasteiger partial charge in [-0.2, -0.15) is 0 Å². The molecule has 5 heteroatoms. The minimum Gasteiger partial charge on any atom is -0.388 e. The van der Waals surface area contributed by atoms with Gasteiger partial charge in [0.25, 0.3) is 0 Å². The van der Waals surface area contributed by atoms with E-state index in [1.807, 2.05) is 13.8 Å². The van der Waals surface area contributed by atoms with Crippen molar-refractivity contribution in [3.63, 3.8) is 0 Å². The Kier molecular flexibility index (Phi) is 2.90. The van der Waals surface area contributed by atoms with Crippen molar-refractivity contribution < 1.29 is 5.11 Å². The quantitative estimate of drug-likeness (QED) is 0.792. The monoisotopic (exact) mass is 284 g/mol. The topological polar surface area (TPSA) is 68.9 Å². The zero-order chi connectivity index (χ0) is 11.9. The highest BCUT2D eigenvalue weighted by molar-refractivity contribution is 9.10. The van der Waals surface area contributed by atoms with Crippen molar-refractivity contribution in [1.82, 2.24) is 9.97 Å². The number of halogens is 1. The second-order valence-electron chi connectivity index (χ2n) is 4.19. The van der Waals surface area contributed by atoms with E-state index in [0.29, 0.717) is 5.52 Å². The molecule has 2 rings (SSSR count). The third-order valence-corrected chi connectivity index (χ3v) is 3.27. The summed E-state index contributed by atoms with van der Waals surface area (Å²) >= 11 is 3.40. The van der Waals surface area contributed by atoms with E-state index in [4.69, 9.17) is 0 Å². The van der Waals surface area contributed by atoms with Crippen LogP contribution in [-0.2, 0) is 0 Å². The maximum absolute atomic E-state index is 11.1. The number of nitrogens with one attached hydrogen (secondary N) is 2. The van der Waals surface area contributed by atoms with Crippen LogP contribution in [0.25, 0.3) is 11.0 Å². The van der Waals surface area contributed by atoms with Gasteiger partial charge >= 0.3 is 5.69 Å². The zero-order valence-corrected chi connectivity index (χ0v) is 10.6. The van der Waals surface area contributed by atoms with Crippen LogP contribution in [0.3, 0.4) is 0 Å². The molecule has 4 nitrogen and oxygen atoms in total. The third kappa shape index (κ3) is 1.92. The summed E-state index contributed by atoms with van der Waals surface area (Å²) in [5, 5.41) is 10.0. The van der Waals surface area contributed by atoms with Gasteiger partial charge in [0, 0.05) is 4.47 Å². The first-order valence-corrected chi connectivity index (χ1v) is 5.88. The van der Waals surface area contributed by atoms with E-state index in [1.54, 1.807) is 12.1 Å². The first-order valence-electron chi connectivity index (χ1n) is 5.08. The molecule has 0 aliphatic carbocycles. The molecule has 1 aromatic heterocycles. The number of aliphatic hydroxyl groups is 1. The van der Waals surface area contributed by atoms with Crippen LogP contribution >= 0.6 is 15.9 Å². The predicted octanol–water partition coefficient (Wildman–Crippen LogP) is 2.31. The molecule has 0 fully saturated rings. The molecule has 0 aliphatic heterocycles. The van der Waals surface area contributed by atoms with Crippen LogP contribution in [0.4, 0.5) is 0 Å². The lowest BCUT2D eigenvalue weighted by atomic mass is 9.99. The van der Waals surface area contributed by atoms with Crippen LogP contribution in [0.5, 0.6) is 0 Å². The molecule has 0 spiro atoms. The Morgan fingerprint density at radius 3 is 2.38 bits per heavy atom. The molecule has 86 valence electrons. The van der Waals surface area contributed by atoms with Gasteiger partial charge in [-0.15, -0.1) is 0 Å². The Labute approximate surface area is 101 Å². The Morgan fingerprint density at radius 1 is 1.25 bits per heavy atom. The van der Waals surface area contributed by atoms with Crippen LogP contribution in [-0.4, -0.2) is 15.1 Å². The molecule has 2 aromatic rings. The van der Waals surface area contributed by atoms with Crippen molar-refractivity contribution in [3.8, 4) is 0 Å². The van der Waals surface area contributed by atoms with E-state index in [-0.39, 0.29) is 11.6 Å². The van der Waals surface area contributed by atoms with Crippen LogP contribution in [0.15, 0.2) is 21.4 Å². The first-order chi connectivity index (χ1) is 7.49. The van der Waals surface area contributed by atoms with Gasteiger partial charge in [-0.25, -0.2) is 4.79 Å². The lowest BCUT2D eigenvalue weighted by Gasteiger charge is -2.16. The Morgan fingerprint density at radius 2 is 1.81 bits per heavy atom. The van der Waals surface area contributed by atoms with E-state index < -0.39 is 6.10 Å². The van der Waals surface area contributed by atoms with Crippen LogP contribution < -0.4 is 5.69 Å². The fourth-order valence-electron chi connectivity index (χ4n) is 1.66. The lowest BCUT2D eigenvalue weighted by molar-refractivity contribution is 0.126. The van der Waals surface area contributed by atoms with Gasteiger partial charge in [0.2, 0.25) is 0 Å². The summed E-state index contributed by atoms with van der Waals surface area (Å²) in [6.45, 7) is 3.89. The maximum Gasteiger partial charge on any atom is 0.323 e. The Balaban J connectivity index is 2.61. The number of rotatable bonds is 2. The number of imidazole rings is 1. The average molecular weight is 285 g/mol. The fourth-order valence-corrected chi connectivity index (χ4v) is 2.24. The van der Waals surface area contributed by atoms with Crippen molar-refractivity contribution in [2.45, 2.75) is 20.0 Å². The van der Waals surface area contributed by atoms with Crippen molar-refractivity contribution in [2.75, 3.05) is 0 Å². The van der Waals surface area contributed by atoms with Crippen LogP contribution in [0, 0.1) is 5.92 Å². The first kappa shape index (κ1) is 11.4. The summed E-state index contributed by atoms with van der Waals surface area (Å²) in [6.07, 6.45) is -0.544. The van der Waals surface area contributed by atoms with Crippen LogP contribution in [0.1, 0.15) is 25.5 Å². The summed E-state index contributed by atoms with van der Waals surface area (Å²) in [4.78, 5) is 16.5. The number of aliphatic hydroxyl groups excluding tert-OH is 1. The average Bonchev–Trinajstić information content (AvgIpc) is 2.54. The van der Waals surface area contributed by atoms with Crippen LogP contribution in [0.2, 0.25) is 0 Å². The molecular formula is C11H13BrN2O2. The van der Waals surface area contributed by atoms with E-state index in [2.05, 4.69) is 25.9 Å². The van der Waals surface area contributed by atoms with Gasteiger partial charge in [0.05, 0.1) is 17.1 Å². The Hall–Kier alpha value is -1.07. The summed E-state index contributed by atoms with van der Waals surface area (Å²) in [7, 11) is 0. The summed E-state index contributed by atoms with van der Waals surface area (Å²) in [5.41, 5.74) is 2.00. The van der Waals surface area contributed by atoms with Gasteiger partial charge < -0.3 is 15.1 Å².